The number of benzene rings is 2. The first-order chi connectivity index (χ1) is 9.08. The zero-order chi connectivity index (χ0) is 13.8. The quantitative estimate of drug-likeness (QED) is 0.861. The topological polar surface area (TPSA) is 12.0 Å². The largest absolute Gasteiger partial charge is 0.306 e. The van der Waals surface area contributed by atoms with Gasteiger partial charge < -0.3 is 5.32 Å². The lowest BCUT2D eigenvalue weighted by molar-refractivity contribution is 0.563. The molecule has 0 saturated carbocycles. The lowest BCUT2D eigenvalue weighted by Crippen LogP contribution is -2.19. The fourth-order valence-corrected chi connectivity index (χ4v) is 2.28. The molecule has 2 heteroatoms. The lowest BCUT2D eigenvalue weighted by Gasteiger charge is -2.17. The van der Waals surface area contributed by atoms with Gasteiger partial charge in [-0.2, -0.15) is 0 Å². The van der Waals surface area contributed by atoms with E-state index in [-0.39, 0.29) is 11.9 Å². The van der Waals surface area contributed by atoms with Crippen molar-refractivity contribution in [2.24, 2.45) is 0 Å². The Morgan fingerprint density at radius 2 is 1.68 bits per heavy atom. The van der Waals surface area contributed by atoms with Crippen LogP contribution in [0.2, 0.25) is 0 Å². The first-order valence-corrected chi connectivity index (χ1v) is 6.62. The maximum absolute atomic E-state index is 13.2. The number of hydrogen-bond acceptors (Lipinski definition) is 1. The second-order valence-corrected chi connectivity index (χ2v) is 5.03. The van der Waals surface area contributed by atoms with Crippen LogP contribution >= 0.6 is 0 Å². The summed E-state index contributed by atoms with van der Waals surface area (Å²) in [6, 6.07) is 13.2. The van der Waals surface area contributed by atoms with Gasteiger partial charge in [0.1, 0.15) is 5.82 Å². The molecular weight excluding hydrogens is 237 g/mol. The van der Waals surface area contributed by atoms with Crippen molar-refractivity contribution in [2.45, 2.75) is 33.4 Å². The van der Waals surface area contributed by atoms with Gasteiger partial charge in [-0.1, -0.05) is 30.3 Å². The van der Waals surface area contributed by atoms with Gasteiger partial charge in [0.05, 0.1) is 0 Å². The van der Waals surface area contributed by atoms with Crippen LogP contribution in [0, 0.1) is 19.7 Å². The van der Waals surface area contributed by atoms with Crippen LogP contribution in [0.15, 0.2) is 42.5 Å². The van der Waals surface area contributed by atoms with Crippen molar-refractivity contribution in [2.75, 3.05) is 0 Å². The van der Waals surface area contributed by atoms with E-state index in [0.29, 0.717) is 0 Å². The second-order valence-electron chi connectivity index (χ2n) is 5.03. The summed E-state index contributed by atoms with van der Waals surface area (Å²) in [6.07, 6.45) is 0. The van der Waals surface area contributed by atoms with Crippen LogP contribution in [-0.2, 0) is 6.54 Å². The van der Waals surface area contributed by atoms with Crippen LogP contribution in [-0.4, -0.2) is 0 Å². The predicted octanol–water partition coefficient (Wildman–Crippen LogP) is 4.29. The Balaban J connectivity index is 2.06. The Kier molecular flexibility index (Phi) is 4.33. The third-order valence-electron chi connectivity index (χ3n) is 3.58. The number of hydrogen-bond donors (Lipinski definition) is 1. The fourth-order valence-electron chi connectivity index (χ4n) is 2.28. The molecule has 0 heterocycles. The van der Waals surface area contributed by atoms with Crippen LogP contribution in [0.5, 0.6) is 0 Å². The zero-order valence-corrected chi connectivity index (χ0v) is 11.7. The first-order valence-electron chi connectivity index (χ1n) is 6.62. The highest BCUT2D eigenvalue weighted by molar-refractivity contribution is 5.33. The van der Waals surface area contributed by atoms with E-state index in [9.17, 15) is 4.39 Å². The van der Waals surface area contributed by atoms with Gasteiger partial charge in [-0.3, -0.25) is 0 Å². The van der Waals surface area contributed by atoms with Crippen molar-refractivity contribution in [1.82, 2.24) is 5.32 Å². The summed E-state index contributed by atoms with van der Waals surface area (Å²) in [5.74, 6) is -0.182. The molecule has 0 amide bonds. The molecule has 2 rings (SSSR count). The molecule has 0 bridgehead atoms. The normalized spacial score (nSPS) is 12.4. The molecule has 1 atom stereocenters. The molecule has 0 aliphatic carbocycles. The van der Waals surface area contributed by atoms with Crippen LogP contribution in [0.4, 0.5) is 4.39 Å². The number of rotatable bonds is 4. The molecule has 1 nitrogen and oxygen atoms in total. The molecule has 0 aromatic heterocycles. The molecule has 0 aliphatic rings. The van der Waals surface area contributed by atoms with Crippen molar-refractivity contribution >= 4 is 0 Å². The minimum atomic E-state index is -0.182. The maximum atomic E-state index is 13.2. The standard InChI is InChI=1S/C17H20FN/c1-12-6-4-7-13(2)17(12)11-19-14(3)15-8-5-9-16(18)10-15/h4-10,14,19H,11H2,1-3H3. The van der Waals surface area contributed by atoms with Crippen molar-refractivity contribution < 1.29 is 4.39 Å². The summed E-state index contributed by atoms with van der Waals surface area (Å²) >= 11 is 0. The Morgan fingerprint density at radius 3 is 2.32 bits per heavy atom. The lowest BCUT2D eigenvalue weighted by atomic mass is 10.0. The van der Waals surface area contributed by atoms with E-state index in [1.807, 2.05) is 6.07 Å². The zero-order valence-electron chi connectivity index (χ0n) is 11.7. The highest BCUT2D eigenvalue weighted by Gasteiger charge is 2.07. The van der Waals surface area contributed by atoms with Crippen molar-refractivity contribution in [3.05, 3.63) is 70.5 Å². The van der Waals surface area contributed by atoms with Gasteiger partial charge >= 0.3 is 0 Å². The summed E-state index contributed by atoms with van der Waals surface area (Å²) in [6.45, 7) is 7.10. The summed E-state index contributed by atoms with van der Waals surface area (Å²) < 4.78 is 13.2. The molecule has 100 valence electrons. The number of aryl methyl sites for hydroxylation is 2. The molecular formula is C17H20FN. The summed E-state index contributed by atoms with van der Waals surface area (Å²) in [4.78, 5) is 0. The molecule has 1 N–H and O–H groups in total. The van der Waals surface area contributed by atoms with Crippen LogP contribution in [0.3, 0.4) is 0 Å². The smallest absolute Gasteiger partial charge is 0.123 e. The molecule has 19 heavy (non-hydrogen) atoms. The van der Waals surface area contributed by atoms with E-state index >= 15 is 0 Å². The molecule has 0 saturated heterocycles. The second kappa shape index (κ2) is 5.98. The molecule has 0 aliphatic heterocycles. The minimum Gasteiger partial charge on any atom is -0.306 e. The highest BCUT2D eigenvalue weighted by atomic mass is 19.1. The van der Waals surface area contributed by atoms with Gasteiger partial charge in [0.25, 0.3) is 0 Å². The Hall–Kier alpha value is -1.67. The van der Waals surface area contributed by atoms with E-state index in [0.717, 1.165) is 12.1 Å². The molecule has 2 aromatic rings. The molecule has 0 spiro atoms. The monoisotopic (exact) mass is 257 g/mol. The Bertz CT molecular complexity index is 543. The van der Waals surface area contributed by atoms with E-state index in [1.54, 1.807) is 12.1 Å². The molecule has 0 radical (unpaired) electrons. The van der Waals surface area contributed by atoms with E-state index < -0.39 is 0 Å². The fraction of sp³-hybridized carbons (Fsp3) is 0.294. The summed E-state index contributed by atoms with van der Waals surface area (Å²) in [7, 11) is 0. The van der Waals surface area contributed by atoms with Gasteiger partial charge in [0.2, 0.25) is 0 Å². The van der Waals surface area contributed by atoms with Gasteiger partial charge in [0.15, 0.2) is 0 Å². The van der Waals surface area contributed by atoms with E-state index in [2.05, 4.69) is 44.3 Å². The molecule has 1 unspecified atom stereocenters. The first kappa shape index (κ1) is 13.8. The van der Waals surface area contributed by atoms with Gasteiger partial charge in [0, 0.05) is 12.6 Å². The molecule has 2 aromatic carbocycles. The van der Waals surface area contributed by atoms with Gasteiger partial charge in [-0.25, -0.2) is 4.39 Å². The number of halogens is 1. The summed E-state index contributed by atoms with van der Waals surface area (Å²) in [5, 5.41) is 3.46. The summed E-state index contributed by atoms with van der Waals surface area (Å²) in [5.41, 5.74) is 4.88. The Morgan fingerprint density at radius 1 is 1.05 bits per heavy atom. The van der Waals surface area contributed by atoms with Crippen molar-refractivity contribution in [3.8, 4) is 0 Å². The van der Waals surface area contributed by atoms with Crippen molar-refractivity contribution in [3.63, 3.8) is 0 Å². The third-order valence-corrected chi connectivity index (χ3v) is 3.58. The minimum absolute atomic E-state index is 0.134. The Labute approximate surface area is 114 Å². The maximum Gasteiger partial charge on any atom is 0.123 e. The average Bonchev–Trinajstić information content (AvgIpc) is 2.38. The van der Waals surface area contributed by atoms with Crippen LogP contribution in [0.1, 0.15) is 35.2 Å². The predicted molar refractivity (Wildman–Crippen MR) is 77.6 cm³/mol. The highest BCUT2D eigenvalue weighted by Crippen LogP contribution is 2.17. The van der Waals surface area contributed by atoms with Crippen LogP contribution in [0.25, 0.3) is 0 Å². The SMILES string of the molecule is Cc1cccc(C)c1CNC(C)c1cccc(F)c1. The molecule has 0 fully saturated rings. The van der Waals surface area contributed by atoms with Gasteiger partial charge in [-0.15, -0.1) is 0 Å². The van der Waals surface area contributed by atoms with E-state index in [4.69, 9.17) is 0 Å². The average molecular weight is 257 g/mol. The van der Waals surface area contributed by atoms with Gasteiger partial charge in [-0.05, 0) is 55.2 Å². The van der Waals surface area contributed by atoms with Crippen LogP contribution < -0.4 is 5.32 Å². The number of nitrogens with one attached hydrogen (secondary N) is 1. The third kappa shape index (κ3) is 3.42. The van der Waals surface area contributed by atoms with E-state index in [1.165, 1.54) is 22.8 Å². The van der Waals surface area contributed by atoms with Crippen molar-refractivity contribution in [1.29, 1.82) is 0 Å².